The molecule has 0 radical (unpaired) electrons. The zero-order valence-corrected chi connectivity index (χ0v) is 14.8. The van der Waals surface area contributed by atoms with E-state index in [-0.39, 0.29) is 0 Å². The molecule has 6 heteroatoms. The van der Waals surface area contributed by atoms with E-state index in [4.69, 9.17) is 12.2 Å². The van der Waals surface area contributed by atoms with Gasteiger partial charge in [-0.15, -0.1) is 0 Å². The fraction of sp³-hybridized carbons (Fsp3) is 0.688. The number of piperidine rings is 1. The first-order valence-corrected chi connectivity index (χ1v) is 9.41. The molecule has 0 aromatic carbocycles. The van der Waals surface area contributed by atoms with E-state index in [1.54, 1.807) is 11.8 Å². The highest BCUT2D eigenvalue weighted by atomic mass is 32.2. The molecule has 2 aliphatic rings. The van der Waals surface area contributed by atoms with Gasteiger partial charge in [-0.3, -0.25) is 9.79 Å². The highest BCUT2D eigenvalue weighted by molar-refractivity contribution is 8.16. The second kappa shape index (κ2) is 9.30. The minimum atomic E-state index is 0.522. The van der Waals surface area contributed by atoms with Crippen molar-refractivity contribution in [3.8, 4) is 0 Å². The van der Waals surface area contributed by atoms with Crippen LogP contribution in [0, 0.1) is 5.92 Å². The van der Waals surface area contributed by atoms with Crippen LogP contribution in [0.15, 0.2) is 16.0 Å². The van der Waals surface area contributed by atoms with E-state index in [0.29, 0.717) is 12.5 Å². The first kappa shape index (κ1) is 17.5. The number of nitrogens with zero attached hydrogens (tertiary/aromatic N) is 2. The summed E-state index contributed by atoms with van der Waals surface area (Å²) < 4.78 is 0. The van der Waals surface area contributed by atoms with Gasteiger partial charge in [0.05, 0.1) is 11.6 Å². The van der Waals surface area contributed by atoms with Crippen molar-refractivity contribution in [3.63, 3.8) is 0 Å². The maximum atomic E-state index is 10.7. The van der Waals surface area contributed by atoms with Crippen LogP contribution in [0.1, 0.15) is 39.0 Å². The molecule has 1 N–H and O–H groups in total. The summed E-state index contributed by atoms with van der Waals surface area (Å²) in [6.07, 6.45) is 6.76. The van der Waals surface area contributed by atoms with Gasteiger partial charge in [0, 0.05) is 31.1 Å². The number of hydrogen-bond donors (Lipinski definition) is 1. The third-order valence-electron chi connectivity index (χ3n) is 4.09. The summed E-state index contributed by atoms with van der Waals surface area (Å²) in [4.78, 5) is 17.5. The van der Waals surface area contributed by atoms with Gasteiger partial charge in [0.2, 0.25) is 0 Å². The molecule has 4 nitrogen and oxygen atoms in total. The van der Waals surface area contributed by atoms with Crippen LogP contribution in [0.25, 0.3) is 0 Å². The molecule has 2 heterocycles. The van der Waals surface area contributed by atoms with Crippen molar-refractivity contribution in [3.05, 3.63) is 11.0 Å². The lowest BCUT2D eigenvalue weighted by Crippen LogP contribution is -2.45. The third-order valence-corrected chi connectivity index (χ3v) is 5.61. The number of unbranched alkanes of at least 4 members (excludes halogenated alkanes) is 2. The highest BCUT2D eigenvalue weighted by Crippen LogP contribution is 2.28. The van der Waals surface area contributed by atoms with Crippen molar-refractivity contribution in [2.75, 3.05) is 26.2 Å². The van der Waals surface area contributed by atoms with E-state index in [1.165, 1.54) is 24.3 Å². The number of hydrogen-bond acceptors (Lipinski definition) is 4. The van der Waals surface area contributed by atoms with Crippen molar-refractivity contribution >= 4 is 40.4 Å². The second-order valence-corrected chi connectivity index (χ2v) is 7.06. The fourth-order valence-electron chi connectivity index (χ4n) is 2.68. The fourth-order valence-corrected chi connectivity index (χ4v) is 3.94. The van der Waals surface area contributed by atoms with Gasteiger partial charge < -0.3 is 10.2 Å². The predicted molar refractivity (Wildman–Crippen MR) is 98.5 cm³/mol. The molecule has 0 spiro atoms. The number of thiocarbonyl (C=S) groups is 1. The van der Waals surface area contributed by atoms with E-state index in [1.807, 2.05) is 5.41 Å². The monoisotopic (exact) mass is 339 g/mol. The molecule has 0 atom stereocenters. The molecule has 1 fully saturated rings. The van der Waals surface area contributed by atoms with Gasteiger partial charge in [-0.1, -0.05) is 31.5 Å². The molecule has 0 aliphatic carbocycles. The minimum absolute atomic E-state index is 0.522. The molecule has 0 aromatic rings. The number of thioether (sulfide) groups is 1. The molecule has 0 saturated carbocycles. The number of nitrogens with one attached hydrogen (secondary N) is 1. The van der Waals surface area contributed by atoms with Crippen LogP contribution in [0.3, 0.4) is 0 Å². The van der Waals surface area contributed by atoms with Crippen molar-refractivity contribution in [2.24, 2.45) is 10.9 Å². The standard InChI is InChI=1S/C16H25N3OS2/c1-2-3-4-7-17-16(21)19-8-5-14(6-9-19)15-18-10-13(11-20)12-22-15/h11-12,14H,2-10H2,1H3,(H,17,21). The summed E-state index contributed by atoms with van der Waals surface area (Å²) in [5.41, 5.74) is 0.781. The number of carbonyl (C=O) groups excluding carboxylic acids is 1. The zero-order chi connectivity index (χ0) is 15.8. The Labute approximate surface area is 142 Å². The molecule has 0 unspecified atom stereocenters. The molecule has 1 saturated heterocycles. The van der Waals surface area contributed by atoms with Crippen LogP contribution >= 0.6 is 24.0 Å². The molecular formula is C16H25N3OS2. The quantitative estimate of drug-likeness (QED) is 0.458. The average molecular weight is 340 g/mol. The number of aldehydes is 1. The Morgan fingerprint density at radius 1 is 1.50 bits per heavy atom. The van der Waals surface area contributed by atoms with E-state index in [9.17, 15) is 4.79 Å². The lowest BCUT2D eigenvalue weighted by molar-refractivity contribution is -0.104. The summed E-state index contributed by atoms with van der Waals surface area (Å²) in [7, 11) is 0. The molecule has 0 bridgehead atoms. The number of aliphatic imine (C=N–C) groups is 1. The van der Waals surface area contributed by atoms with Gasteiger partial charge in [-0.2, -0.15) is 0 Å². The zero-order valence-electron chi connectivity index (χ0n) is 13.2. The van der Waals surface area contributed by atoms with Gasteiger partial charge in [-0.05, 0) is 36.9 Å². The Bertz CT molecular complexity index is 454. The summed E-state index contributed by atoms with van der Waals surface area (Å²) >= 11 is 7.10. The second-order valence-electron chi connectivity index (χ2n) is 5.78. The van der Waals surface area contributed by atoms with Gasteiger partial charge in [-0.25, -0.2) is 0 Å². The lowest BCUT2D eigenvalue weighted by Gasteiger charge is -2.34. The Kier molecular flexibility index (Phi) is 7.39. The van der Waals surface area contributed by atoms with Crippen LogP contribution in [0.4, 0.5) is 0 Å². The highest BCUT2D eigenvalue weighted by Gasteiger charge is 2.25. The smallest absolute Gasteiger partial charge is 0.168 e. The third kappa shape index (κ3) is 5.09. The lowest BCUT2D eigenvalue weighted by atomic mass is 9.98. The molecule has 2 aliphatic heterocycles. The molecule has 122 valence electrons. The molecule has 0 aromatic heterocycles. The topological polar surface area (TPSA) is 44.7 Å². The average Bonchev–Trinajstić information content (AvgIpc) is 2.59. The van der Waals surface area contributed by atoms with Crippen LogP contribution in [-0.4, -0.2) is 47.5 Å². The Hall–Kier alpha value is -0.880. The summed E-state index contributed by atoms with van der Waals surface area (Å²) in [6.45, 7) is 5.72. The first-order chi connectivity index (χ1) is 10.7. The normalized spacial score (nSPS) is 19.4. The summed E-state index contributed by atoms with van der Waals surface area (Å²) in [5, 5.41) is 7.40. The van der Waals surface area contributed by atoms with E-state index in [0.717, 1.165) is 49.4 Å². The molecule has 2 rings (SSSR count). The maximum absolute atomic E-state index is 10.7. The van der Waals surface area contributed by atoms with E-state index < -0.39 is 0 Å². The van der Waals surface area contributed by atoms with Crippen LogP contribution in [0.2, 0.25) is 0 Å². The van der Waals surface area contributed by atoms with Crippen LogP contribution in [-0.2, 0) is 4.79 Å². The van der Waals surface area contributed by atoms with Crippen molar-refractivity contribution < 1.29 is 4.79 Å². The summed E-state index contributed by atoms with van der Waals surface area (Å²) in [6, 6.07) is 0. The van der Waals surface area contributed by atoms with Crippen molar-refractivity contribution in [1.29, 1.82) is 0 Å². The van der Waals surface area contributed by atoms with Gasteiger partial charge in [0.1, 0.15) is 6.29 Å². The van der Waals surface area contributed by atoms with Crippen LogP contribution in [0.5, 0.6) is 0 Å². The molecule has 0 amide bonds. The number of rotatable bonds is 6. The van der Waals surface area contributed by atoms with Gasteiger partial charge in [0.15, 0.2) is 5.11 Å². The van der Waals surface area contributed by atoms with Crippen molar-refractivity contribution in [2.45, 2.75) is 39.0 Å². The predicted octanol–water partition coefficient (Wildman–Crippen LogP) is 2.99. The number of carbonyl (C=O) groups is 1. The minimum Gasteiger partial charge on any atom is -0.363 e. The Balaban J connectivity index is 1.70. The van der Waals surface area contributed by atoms with E-state index >= 15 is 0 Å². The first-order valence-electron chi connectivity index (χ1n) is 8.12. The number of likely N-dealkylation sites (tertiary alicyclic amines) is 1. The van der Waals surface area contributed by atoms with E-state index in [2.05, 4.69) is 22.1 Å². The van der Waals surface area contributed by atoms with Crippen LogP contribution < -0.4 is 5.32 Å². The SMILES string of the molecule is CCCCCNC(=S)N1CCC(C2=NCC(C=O)=CS2)CC1. The largest absolute Gasteiger partial charge is 0.363 e. The van der Waals surface area contributed by atoms with Gasteiger partial charge in [0.25, 0.3) is 0 Å². The Morgan fingerprint density at radius 3 is 2.86 bits per heavy atom. The Morgan fingerprint density at radius 2 is 2.27 bits per heavy atom. The molecular weight excluding hydrogens is 314 g/mol. The van der Waals surface area contributed by atoms with Gasteiger partial charge >= 0.3 is 0 Å². The maximum Gasteiger partial charge on any atom is 0.168 e. The molecule has 22 heavy (non-hydrogen) atoms. The summed E-state index contributed by atoms with van der Waals surface area (Å²) in [5.74, 6) is 0.522. The van der Waals surface area contributed by atoms with Crippen molar-refractivity contribution in [1.82, 2.24) is 10.2 Å².